The lowest BCUT2D eigenvalue weighted by Crippen LogP contribution is -2.62. The predicted molar refractivity (Wildman–Crippen MR) is 377 cm³/mol. The Balaban J connectivity index is 0.000000324. The van der Waals surface area contributed by atoms with Crippen molar-refractivity contribution in [3.05, 3.63) is 175 Å². The minimum Gasteiger partial charge on any atom is -0.497 e. The number of Topliss-reactive ketones (excluding diaryl/α,β-unsaturated/α-hetero) is 1. The number of carbonyl (C=O) groups excluding carboxylic acids is 4. The van der Waals surface area contributed by atoms with Gasteiger partial charge in [0.2, 0.25) is 5.78 Å². The molecular weight excluding hydrogens is 1490 g/mol. The van der Waals surface area contributed by atoms with E-state index in [2.05, 4.69) is 68.0 Å². The van der Waals surface area contributed by atoms with Crippen LogP contribution in [0.15, 0.2) is 135 Å². The number of aryl methyl sites for hydroxylation is 2. The normalized spacial score (nSPS) is 13.6. The van der Waals surface area contributed by atoms with Crippen molar-refractivity contribution in [2.45, 2.75) is 168 Å². The van der Waals surface area contributed by atoms with Crippen LogP contribution in [0.5, 0.6) is 11.5 Å². The highest BCUT2D eigenvalue weighted by atomic mass is 79.9. The van der Waals surface area contributed by atoms with Crippen molar-refractivity contribution in [2.24, 2.45) is 0 Å². The van der Waals surface area contributed by atoms with Crippen LogP contribution >= 0.6 is 31.9 Å². The van der Waals surface area contributed by atoms with E-state index in [1.54, 1.807) is 136 Å². The van der Waals surface area contributed by atoms with Crippen molar-refractivity contribution in [2.75, 3.05) is 57.8 Å². The zero-order valence-corrected chi connectivity index (χ0v) is 62.5. The molecule has 3 heterocycles. The van der Waals surface area contributed by atoms with Crippen LogP contribution in [0.25, 0.3) is 11.6 Å². The summed E-state index contributed by atoms with van der Waals surface area (Å²) in [4.78, 5) is 60.5. The monoisotopic (exact) mass is 1570 g/mol. The number of ketones is 1. The Morgan fingerprint density at radius 2 is 1.00 bits per heavy atom. The average Bonchev–Trinajstić information content (AvgIpc) is 1.73. The molecule has 560 valence electrons. The van der Waals surface area contributed by atoms with E-state index >= 15 is 13.2 Å². The van der Waals surface area contributed by atoms with Crippen LogP contribution in [-0.2, 0) is 74.7 Å². The van der Waals surface area contributed by atoms with Crippen LogP contribution < -0.4 is 25.4 Å². The molecule has 4 aromatic carbocycles. The Morgan fingerprint density at radius 1 is 0.553 bits per heavy atom. The average molecular weight is 1580 g/mol. The Bertz CT molecular complexity index is 3850. The molecule has 0 aliphatic heterocycles. The minimum absolute atomic E-state index is 0.0276. The molecule has 0 saturated heterocycles. The van der Waals surface area contributed by atoms with Gasteiger partial charge in [-0.3, -0.25) is 20.2 Å². The first-order valence-electron chi connectivity index (χ1n) is 32.7. The van der Waals surface area contributed by atoms with Gasteiger partial charge in [-0.15, -0.1) is 10.2 Å². The third-order valence-corrected chi connectivity index (χ3v) is 16.6. The number of rotatable bonds is 34. The molecule has 103 heavy (non-hydrogen) atoms. The maximum atomic E-state index is 15.2. The number of pyridine rings is 2. The van der Waals surface area contributed by atoms with Crippen LogP contribution in [0.4, 0.5) is 47.3 Å². The summed E-state index contributed by atoms with van der Waals surface area (Å²) in [5, 5.41) is 14.8. The second kappa shape index (κ2) is 38.6. The largest absolute Gasteiger partial charge is 0.497 e. The van der Waals surface area contributed by atoms with Gasteiger partial charge in [-0.1, -0.05) is 84.9 Å². The van der Waals surface area contributed by atoms with Gasteiger partial charge in [0, 0.05) is 13.2 Å². The van der Waals surface area contributed by atoms with Crippen molar-refractivity contribution in [1.82, 2.24) is 25.5 Å². The summed E-state index contributed by atoms with van der Waals surface area (Å²) in [6.07, 6.45) is -10.7. The summed E-state index contributed by atoms with van der Waals surface area (Å²) in [5.74, 6) is -2.34. The topological polar surface area (TPSA) is 261 Å². The minimum atomic E-state index is -5.25. The van der Waals surface area contributed by atoms with Crippen molar-refractivity contribution in [3.63, 3.8) is 0 Å². The Labute approximate surface area is 611 Å². The lowest BCUT2D eigenvalue weighted by Gasteiger charge is -2.34. The van der Waals surface area contributed by atoms with Crippen molar-refractivity contribution >= 4 is 67.1 Å². The zero-order valence-electron chi connectivity index (χ0n) is 59.3. The van der Waals surface area contributed by atoms with Gasteiger partial charge in [-0.05, 0) is 197 Å². The Morgan fingerprint density at radius 3 is 1.47 bits per heavy atom. The van der Waals surface area contributed by atoms with E-state index in [-0.39, 0.29) is 52.8 Å². The zero-order chi connectivity index (χ0) is 75.8. The Kier molecular flexibility index (Phi) is 31.4. The summed E-state index contributed by atoms with van der Waals surface area (Å²) < 4.78 is 151. The molecule has 22 nitrogen and oxygen atoms in total. The molecule has 3 aromatic heterocycles. The summed E-state index contributed by atoms with van der Waals surface area (Å²) in [6.45, 7) is 13.6. The molecule has 2 unspecified atom stereocenters. The smallest absolute Gasteiger partial charge is 0.428 e. The highest BCUT2D eigenvalue weighted by molar-refractivity contribution is 9.10. The number of aromatic nitrogens is 4. The molecule has 0 aliphatic rings. The number of hydrogen-bond acceptors (Lipinski definition) is 19. The predicted octanol–water partition coefficient (Wildman–Crippen LogP) is 16.7. The molecule has 30 heteroatoms. The number of hydrogen-bond donors (Lipinski definition) is 3. The second-order valence-corrected chi connectivity index (χ2v) is 27.3. The van der Waals surface area contributed by atoms with Gasteiger partial charge in [-0.2, -0.15) is 26.3 Å². The lowest BCUT2D eigenvalue weighted by atomic mass is 10.0. The number of amides is 3. The van der Waals surface area contributed by atoms with Crippen LogP contribution in [-0.4, -0.2) is 133 Å². The van der Waals surface area contributed by atoms with Crippen molar-refractivity contribution in [1.29, 1.82) is 0 Å². The van der Waals surface area contributed by atoms with E-state index in [9.17, 15) is 32.3 Å². The van der Waals surface area contributed by atoms with Crippen molar-refractivity contribution in [3.8, 4) is 23.1 Å². The molecule has 0 fully saturated rings. The molecule has 7 rings (SSSR count). The number of halogens is 8. The number of nitrogens with zero attached hydrogens (tertiary/aromatic N) is 4. The van der Waals surface area contributed by atoms with Crippen LogP contribution in [0.1, 0.15) is 131 Å². The molecule has 7 aromatic rings. The fourth-order valence-electron chi connectivity index (χ4n) is 9.39. The van der Waals surface area contributed by atoms with E-state index in [0.717, 1.165) is 22.6 Å². The first-order valence-corrected chi connectivity index (χ1v) is 34.3. The van der Waals surface area contributed by atoms with Gasteiger partial charge in [-0.25, -0.2) is 19.6 Å². The summed E-state index contributed by atoms with van der Waals surface area (Å²) in [6, 6.07) is 34.3. The van der Waals surface area contributed by atoms with Gasteiger partial charge >= 0.3 is 24.5 Å². The van der Waals surface area contributed by atoms with Crippen LogP contribution in [0.2, 0.25) is 0 Å². The summed E-state index contributed by atoms with van der Waals surface area (Å²) in [5.41, 5.74) is -4.72. The van der Waals surface area contributed by atoms with Crippen molar-refractivity contribution < 1.29 is 97.3 Å². The molecule has 3 N–H and O–H groups in total. The highest BCUT2D eigenvalue weighted by Crippen LogP contribution is 2.44. The number of benzene rings is 4. The van der Waals surface area contributed by atoms with E-state index in [0.29, 0.717) is 65.8 Å². The molecule has 0 saturated carbocycles. The van der Waals surface area contributed by atoms with Gasteiger partial charge in [0.1, 0.15) is 37.6 Å². The fourth-order valence-corrected chi connectivity index (χ4v) is 9.97. The number of carbonyl (C=O) groups is 4. The Hall–Kier alpha value is -8.10. The SMILES string of the molecule is COc1ccc(CO[C@@H](C)CCCOCC(OCc2ccccc2)(C(=O)NCC(=O)c2nc(Br)c(C)cc2NC(=O)OC(C)(C)C)C(F)(F)F)cc1.COc1ccc(CO[C@@H](C)CCCOCC(OCc2ccccc2)(c2nnc(-c3nc(Br)c(C)cc3NC(=O)OC(C)(C)C)o2)C(F)(F)F)cc1. The number of nitrogens with one attached hydrogen (secondary N) is 3. The first-order chi connectivity index (χ1) is 48.5. The molecule has 4 atom stereocenters. The van der Waals surface area contributed by atoms with E-state index < -0.39 is 103 Å². The molecule has 0 spiro atoms. The van der Waals surface area contributed by atoms with E-state index in [1.165, 1.54) is 6.07 Å². The summed E-state index contributed by atoms with van der Waals surface area (Å²) in [7, 11) is 3.17. The number of methoxy groups -OCH3 is 2. The molecule has 0 bridgehead atoms. The lowest BCUT2D eigenvalue weighted by molar-refractivity contribution is -0.311. The third kappa shape index (κ3) is 26.2. The quantitative estimate of drug-likeness (QED) is 0.0146. The summed E-state index contributed by atoms with van der Waals surface area (Å²) >= 11 is 6.55. The maximum Gasteiger partial charge on any atom is 0.428 e. The second-order valence-electron chi connectivity index (χ2n) is 25.8. The van der Waals surface area contributed by atoms with E-state index in [1.807, 2.05) is 62.4 Å². The standard InChI is InChI=1S/C37H45BrF3N3O8.C36H42BrF3N4O7/c1-24-19-29(43-34(47)52-35(3,4)5)31(44-32(24)38)30(45)20-42-33(46)36(37(39,40)41,51-22-26-12-8-7-9-13-26)23-49-18-10-11-25(2)50-21-27-14-16-28(48-6)17-15-27;1-23-19-28(41-33(45)51-34(3,4)5)29(42-30(23)37)31-43-44-32(50-31)35(36(38,39)40,49-21-25-12-8-7-9-13-25)22-47-18-10-11-24(2)48-20-26-14-16-27(46-6)17-15-26/h7-9,12-17,19,25H,10-11,18,20-23H2,1-6H3,(H,42,46)(H,43,47);7-9,12-17,19,24H,10-11,18,20-22H2,1-6H3,(H,41,45)/t25-,36?;24-,35?/m00/s1. The third-order valence-electron chi connectivity index (χ3n) is 15.0. The van der Waals surface area contributed by atoms with E-state index in [4.69, 9.17) is 51.8 Å². The number of anilines is 2. The maximum absolute atomic E-state index is 15.2. The fraction of sp³-hybridized carbons (Fsp3) is 0.452. The number of ether oxygens (including phenoxy) is 10. The van der Waals surface area contributed by atoms with Gasteiger partial charge < -0.3 is 57.1 Å². The number of alkyl halides is 6. The van der Waals surface area contributed by atoms with Gasteiger partial charge in [0.15, 0.2) is 5.69 Å². The van der Waals surface area contributed by atoms with Gasteiger partial charge in [0.25, 0.3) is 28.9 Å². The molecule has 3 amide bonds. The van der Waals surface area contributed by atoms with Crippen LogP contribution in [0.3, 0.4) is 0 Å². The first kappa shape index (κ1) is 83.8. The van der Waals surface area contributed by atoms with Gasteiger partial charge in [0.05, 0.1) is 84.0 Å². The molecule has 0 radical (unpaired) electrons. The van der Waals surface area contributed by atoms with Crippen LogP contribution in [0, 0.1) is 13.8 Å². The molecular formula is C73H87Br2F6N7O15. The molecule has 0 aliphatic carbocycles. The highest BCUT2D eigenvalue weighted by Gasteiger charge is 2.63.